The van der Waals surface area contributed by atoms with Crippen LogP contribution in [0.4, 0.5) is 5.69 Å². The fraction of sp³-hybridized carbons (Fsp3) is 0.292. The second kappa shape index (κ2) is 11.2. The average Bonchev–Trinajstić information content (AvgIpc) is 3.17. The SMILES string of the molecule is C=CCn1c(SCC(=O)Nc2cccc(Cl)c2C)nnc1-c1ccc(OCC(C)C)cc1. The second-order valence-electron chi connectivity index (χ2n) is 7.68. The van der Waals surface area contributed by atoms with Crippen molar-refractivity contribution in [2.75, 3.05) is 17.7 Å². The zero-order chi connectivity index (χ0) is 23.1. The highest BCUT2D eigenvalue weighted by Gasteiger charge is 2.16. The molecule has 0 atom stereocenters. The first-order valence-electron chi connectivity index (χ1n) is 10.3. The minimum Gasteiger partial charge on any atom is -0.493 e. The summed E-state index contributed by atoms with van der Waals surface area (Å²) in [5, 5.41) is 12.8. The number of hydrogen-bond donors (Lipinski definition) is 1. The van der Waals surface area contributed by atoms with E-state index >= 15 is 0 Å². The number of nitrogens with zero attached hydrogens (tertiary/aromatic N) is 3. The fourth-order valence-electron chi connectivity index (χ4n) is 2.93. The molecule has 0 unspecified atom stereocenters. The summed E-state index contributed by atoms with van der Waals surface area (Å²) in [7, 11) is 0. The Morgan fingerprint density at radius 1 is 1.25 bits per heavy atom. The van der Waals surface area contributed by atoms with Gasteiger partial charge in [-0.2, -0.15) is 0 Å². The molecule has 3 rings (SSSR count). The van der Waals surface area contributed by atoms with Crippen LogP contribution in [0.15, 0.2) is 60.3 Å². The summed E-state index contributed by atoms with van der Waals surface area (Å²) in [6.45, 7) is 11.1. The quantitative estimate of drug-likeness (QED) is 0.297. The summed E-state index contributed by atoms with van der Waals surface area (Å²) in [4.78, 5) is 12.5. The first-order chi connectivity index (χ1) is 15.4. The minimum atomic E-state index is -0.137. The van der Waals surface area contributed by atoms with Gasteiger partial charge in [0.1, 0.15) is 5.75 Å². The number of aromatic nitrogens is 3. The number of carbonyl (C=O) groups is 1. The molecule has 1 N–H and O–H groups in total. The lowest BCUT2D eigenvalue weighted by Gasteiger charge is -2.11. The number of halogens is 1. The molecule has 0 radical (unpaired) electrons. The van der Waals surface area contributed by atoms with Crippen LogP contribution >= 0.6 is 23.4 Å². The number of ether oxygens (including phenoxy) is 1. The topological polar surface area (TPSA) is 69.0 Å². The highest BCUT2D eigenvalue weighted by atomic mass is 35.5. The second-order valence-corrected chi connectivity index (χ2v) is 9.03. The molecule has 168 valence electrons. The van der Waals surface area contributed by atoms with Gasteiger partial charge in [-0.3, -0.25) is 9.36 Å². The van der Waals surface area contributed by atoms with Crippen LogP contribution in [0.1, 0.15) is 19.4 Å². The number of carbonyl (C=O) groups excluding carboxylic acids is 1. The third-order valence-corrected chi connectivity index (χ3v) is 5.97. The molecular formula is C24H27ClN4O2S. The van der Waals surface area contributed by atoms with Crippen LogP contribution in [-0.4, -0.2) is 33.0 Å². The first kappa shape index (κ1) is 23.9. The van der Waals surface area contributed by atoms with Crippen LogP contribution in [0.2, 0.25) is 5.02 Å². The molecule has 1 amide bonds. The molecule has 1 heterocycles. The molecule has 0 saturated heterocycles. The van der Waals surface area contributed by atoms with Crippen molar-refractivity contribution >= 4 is 35.0 Å². The Hall–Kier alpha value is -2.77. The molecule has 0 spiro atoms. The molecule has 32 heavy (non-hydrogen) atoms. The van der Waals surface area contributed by atoms with E-state index in [1.165, 1.54) is 11.8 Å². The number of benzene rings is 2. The van der Waals surface area contributed by atoms with Crippen molar-refractivity contribution in [2.24, 2.45) is 5.92 Å². The van der Waals surface area contributed by atoms with Crippen molar-refractivity contribution in [1.82, 2.24) is 14.8 Å². The summed E-state index contributed by atoms with van der Waals surface area (Å²) < 4.78 is 7.70. The lowest BCUT2D eigenvalue weighted by atomic mass is 10.2. The highest BCUT2D eigenvalue weighted by molar-refractivity contribution is 7.99. The number of rotatable bonds is 10. The Balaban J connectivity index is 1.69. The van der Waals surface area contributed by atoms with Gasteiger partial charge in [-0.05, 0) is 54.8 Å². The Bertz CT molecular complexity index is 1080. The van der Waals surface area contributed by atoms with Gasteiger partial charge in [0.05, 0.1) is 12.4 Å². The maximum atomic E-state index is 12.5. The molecule has 0 aliphatic heterocycles. The lowest BCUT2D eigenvalue weighted by Crippen LogP contribution is -2.15. The van der Waals surface area contributed by atoms with Gasteiger partial charge in [-0.15, -0.1) is 16.8 Å². The fourth-order valence-corrected chi connectivity index (χ4v) is 3.85. The normalized spacial score (nSPS) is 10.9. The molecule has 1 aromatic heterocycles. The van der Waals surface area contributed by atoms with Crippen LogP contribution in [0.5, 0.6) is 5.75 Å². The Labute approximate surface area is 198 Å². The summed E-state index contributed by atoms with van der Waals surface area (Å²) in [5.41, 5.74) is 2.46. The number of nitrogens with one attached hydrogen (secondary N) is 1. The summed E-state index contributed by atoms with van der Waals surface area (Å²) >= 11 is 7.46. The zero-order valence-electron chi connectivity index (χ0n) is 18.5. The molecule has 0 bridgehead atoms. The molecule has 0 aliphatic rings. The first-order valence-corrected chi connectivity index (χ1v) is 11.7. The van der Waals surface area contributed by atoms with Crippen molar-refractivity contribution in [3.05, 3.63) is 65.7 Å². The number of allylic oxidation sites excluding steroid dienone is 1. The standard InChI is InChI=1S/C24H27ClN4O2S/c1-5-13-29-23(18-9-11-19(12-10-18)31-14-16(2)3)27-28-24(29)32-15-22(30)26-21-8-6-7-20(25)17(21)4/h5-12,16H,1,13-15H2,2-4H3,(H,26,30). The van der Waals surface area contributed by atoms with E-state index in [9.17, 15) is 4.79 Å². The molecule has 3 aromatic rings. The van der Waals surface area contributed by atoms with E-state index in [0.29, 0.717) is 40.8 Å². The zero-order valence-corrected chi connectivity index (χ0v) is 20.0. The van der Waals surface area contributed by atoms with Crippen LogP contribution in [0.3, 0.4) is 0 Å². The van der Waals surface area contributed by atoms with E-state index in [1.807, 2.05) is 47.9 Å². The molecule has 0 fully saturated rings. The van der Waals surface area contributed by atoms with Crippen molar-refractivity contribution < 1.29 is 9.53 Å². The molecule has 2 aromatic carbocycles. The highest BCUT2D eigenvalue weighted by Crippen LogP contribution is 2.27. The summed E-state index contributed by atoms with van der Waals surface area (Å²) in [6, 6.07) is 13.2. The van der Waals surface area contributed by atoms with Gasteiger partial charge in [-0.25, -0.2) is 0 Å². The van der Waals surface area contributed by atoms with E-state index < -0.39 is 0 Å². The van der Waals surface area contributed by atoms with Gasteiger partial charge < -0.3 is 10.1 Å². The summed E-state index contributed by atoms with van der Waals surface area (Å²) in [6.07, 6.45) is 1.78. The molecule has 6 nitrogen and oxygen atoms in total. The van der Waals surface area contributed by atoms with Gasteiger partial charge in [0.25, 0.3) is 0 Å². The Morgan fingerprint density at radius 2 is 2.00 bits per heavy atom. The average molecular weight is 471 g/mol. The monoisotopic (exact) mass is 470 g/mol. The van der Waals surface area contributed by atoms with Crippen molar-refractivity contribution in [3.63, 3.8) is 0 Å². The largest absolute Gasteiger partial charge is 0.493 e. The van der Waals surface area contributed by atoms with Gasteiger partial charge in [0.15, 0.2) is 11.0 Å². The number of thioether (sulfide) groups is 1. The predicted octanol–water partition coefficient (Wildman–Crippen LogP) is 5.86. The smallest absolute Gasteiger partial charge is 0.234 e. The third-order valence-electron chi connectivity index (χ3n) is 4.60. The molecule has 0 saturated carbocycles. The van der Waals surface area contributed by atoms with E-state index in [0.717, 1.165) is 16.9 Å². The van der Waals surface area contributed by atoms with Gasteiger partial charge >= 0.3 is 0 Å². The maximum absolute atomic E-state index is 12.5. The van der Waals surface area contributed by atoms with Crippen molar-refractivity contribution in [3.8, 4) is 17.1 Å². The van der Waals surface area contributed by atoms with Gasteiger partial charge in [0.2, 0.25) is 5.91 Å². The van der Waals surface area contributed by atoms with E-state index in [1.54, 1.807) is 12.1 Å². The van der Waals surface area contributed by atoms with Crippen LogP contribution in [0, 0.1) is 12.8 Å². The van der Waals surface area contributed by atoms with E-state index in [4.69, 9.17) is 16.3 Å². The molecule has 0 aliphatic carbocycles. The minimum absolute atomic E-state index is 0.137. The number of anilines is 1. The molecular weight excluding hydrogens is 444 g/mol. The van der Waals surface area contributed by atoms with E-state index in [2.05, 4.69) is 35.9 Å². The predicted molar refractivity (Wildman–Crippen MR) is 132 cm³/mol. The summed E-state index contributed by atoms with van der Waals surface area (Å²) in [5.74, 6) is 2.06. The lowest BCUT2D eigenvalue weighted by molar-refractivity contribution is -0.113. The van der Waals surface area contributed by atoms with Gasteiger partial charge in [0, 0.05) is 22.8 Å². The van der Waals surface area contributed by atoms with Gasteiger partial charge in [-0.1, -0.05) is 49.4 Å². The number of amides is 1. The Morgan fingerprint density at radius 3 is 2.69 bits per heavy atom. The van der Waals surface area contributed by atoms with Crippen LogP contribution in [0.25, 0.3) is 11.4 Å². The van der Waals surface area contributed by atoms with Crippen molar-refractivity contribution in [2.45, 2.75) is 32.5 Å². The van der Waals surface area contributed by atoms with Crippen molar-refractivity contribution in [1.29, 1.82) is 0 Å². The number of hydrogen-bond acceptors (Lipinski definition) is 5. The Kier molecular flexibility index (Phi) is 8.36. The third kappa shape index (κ3) is 6.14. The van der Waals surface area contributed by atoms with Crippen LogP contribution in [-0.2, 0) is 11.3 Å². The van der Waals surface area contributed by atoms with E-state index in [-0.39, 0.29) is 11.7 Å². The maximum Gasteiger partial charge on any atom is 0.234 e. The molecule has 8 heteroatoms. The van der Waals surface area contributed by atoms with Crippen LogP contribution < -0.4 is 10.1 Å².